The lowest BCUT2D eigenvalue weighted by atomic mass is 9.94. The van der Waals surface area contributed by atoms with E-state index >= 15 is 0 Å². The smallest absolute Gasteiger partial charge is 0.178 e. The van der Waals surface area contributed by atoms with Crippen LogP contribution in [0.2, 0.25) is 0 Å². The fourth-order valence-electron chi connectivity index (χ4n) is 3.07. The van der Waals surface area contributed by atoms with Crippen LogP contribution < -0.4 is 11.1 Å². The van der Waals surface area contributed by atoms with E-state index in [1.54, 1.807) is 6.07 Å². The number of hydrogen-bond acceptors (Lipinski definition) is 6. The van der Waals surface area contributed by atoms with Crippen LogP contribution in [-0.4, -0.2) is 24.1 Å². The summed E-state index contributed by atoms with van der Waals surface area (Å²) in [6.07, 6.45) is 2.92. The predicted octanol–water partition coefficient (Wildman–Crippen LogP) is 2.59. The number of anilines is 2. The van der Waals surface area contributed by atoms with Crippen LogP contribution in [0.1, 0.15) is 37.4 Å². The molecule has 0 fully saturated rings. The second-order valence-corrected chi connectivity index (χ2v) is 8.56. The monoisotopic (exact) mass is 346 g/mol. The van der Waals surface area contributed by atoms with Crippen LogP contribution in [0.4, 0.5) is 11.6 Å². The van der Waals surface area contributed by atoms with Crippen LogP contribution in [-0.2, 0) is 16.3 Å². The Labute approximate surface area is 142 Å². The van der Waals surface area contributed by atoms with Crippen LogP contribution >= 0.6 is 0 Å². The number of fused-ring (bicyclic) bond motifs is 1. The summed E-state index contributed by atoms with van der Waals surface area (Å²) in [5, 5.41) is 3.34. The SMILES string of the molecule is CC(C)[C@@H](Nc1cc(N)ncn1)c1ccc2c(c1)S(=O)(=O)CCC2. The maximum atomic E-state index is 12.4. The van der Waals surface area contributed by atoms with Crippen molar-refractivity contribution in [2.75, 3.05) is 16.8 Å². The Morgan fingerprint density at radius 3 is 2.71 bits per heavy atom. The molecule has 2 heterocycles. The molecule has 1 aliphatic heterocycles. The zero-order valence-corrected chi connectivity index (χ0v) is 14.7. The Kier molecular flexibility index (Phi) is 4.45. The predicted molar refractivity (Wildman–Crippen MR) is 94.5 cm³/mol. The van der Waals surface area contributed by atoms with E-state index in [0.29, 0.717) is 23.0 Å². The maximum Gasteiger partial charge on any atom is 0.178 e. The molecule has 3 rings (SSSR count). The first-order chi connectivity index (χ1) is 11.4. The molecule has 3 N–H and O–H groups in total. The van der Waals surface area contributed by atoms with Crippen molar-refractivity contribution < 1.29 is 8.42 Å². The fourth-order valence-corrected chi connectivity index (χ4v) is 4.70. The molecular weight excluding hydrogens is 324 g/mol. The number of aryl methyl sites for hydroxylation is 1. The fraction of sp³-hybridized carbons (Fsp3) is 0.412. The number of nitrogens with two attached hydrogens (primary N) is 1. The Hall–Kier alpha value is -2.15. The van der Waals surface area contributed by atoms with Gasteiger partial charge in [-0.05, 0) is 36.0 Å². The molecule has 1 aliphatic rings. The minimum Gasteiger partial charge on any atom is -0.384 e. The molecule has 1 aromatic heterocycles. The topological polar surface area (TPSA) is 98.0 Å². The van der Waals surface area contributed by atoms with Crippen molar-refractivity contribution in [2.24, 2.45) is 5.92 Å². The number of sulfone groups is 1. The van der Waals surface area contributed by atoms with Crippen molar-refractivity contribution in [1.82, 2.24) is 9.97 Å². The van der Waals surface area contributed by atoms with E-state index in [4.69, 9.17) is 5.73 Å². The third-order valence-electron chi connectivity index (χ3n) is 4.30. The van der Waals surface area contributed by atoms with Gasteiger partial charge >= 0.3 is 0 Å². The molecule has 1 aromatic carbocycles. The lowest BCUT2D eigenvalue weighted by Gasteiger charge is -2.25. The number of nitrogen functional groups attached to an aromatic ring is 1. The van der Waals surface area contributed by atoms with E-state index < -0.39 is 9.84 Å². The van der Waals surface area contributed by atoms with Crippen LogP contribution in [0.25, 0.3) is 0 Å². The minimum atomic E-state index is -3.18. The van der Waals surface area contributed by atoms with Gasteiger partial charge in [-0.1, -0.05) is 26.0 Å². The van der Waals surface area contributed by atoms with Crippen LogP contribution in [0.15, 0.2) is 35.5 Å². The average Bonchev–Trinajstić information content (AvgIpc) is 2.52. The van der Waals surface area contributed by atoms with E-state index in [9.17, 15) is 8.42 Å². The molecule has 128 valence electrons. The number of nitrogens with zero attached hydrogens (tertiary/aromatic N) is 2. The third kappa shape index (κ3) is 3.36. The first-order valence-electron chi connectivity index (χ1n) is 8.06. The molecule has 0 unspecified atom stereocenters. The van der Waals surface area contributed by atoms with Gasteiger partial charge in [-0.15, -0.1) is 0 Å². The molecule has 0 spiro atoms. The van der Waals surface area contributed by atoms with Gasteiger partial charge in [0.1, 0.15) is 18.0 Å². The van der Waals surface area contributed by atoms with Gasteiger partial charge in [0.25, 0.3) is 0 Å². The summed E-state index contributed by atoms with van der Waals surface area (Å²) in [5.41, 5.74) is 7.56. The summed E-state index contributed by atoms with van der Waals surface area (Å²) >= 11 is 0. The number of hydrogen-bond donors (Lipinski definition) is 2. The molecule has 2 aromatic rings. The molecule has 24 heavy (non-hydrogen) atoms. The van der Waals surface area contributed by atoms with Gasteiger partial charge < -0.3 is 11.1 Å². The second-order valence-electron chi connectivity index (χ2n) is 6.48. The lowest BCUT2D eigenvalue weighted by molar-refractivity contribution is 0.542. The summed E-state index contributed by atoms with van der Waals surface area (Å²) in [7, 11) is -3.18. The third-order valence-corrected chi connectivity index (χ3v) is 6.18. The first kappa shape index (κ1) is 16.7. The Morgan fingerprint density at radius 2 is 2.00 bits per heavy atom. The number of nitrogens with one attached hydrogen (secondary N) is 1. The number of benzene rings is 1. The largest absolute Gasteiger partial charge is 0.384 e. The van der Waals surface area contributed by atoms with Crippen molar-refractivity contribution in [3.05, 3.63) is 41.7 Å². The zero-order chi connectivity index (χ0) is 17.3. The van der Waals surface area contributed by atoms with E-state index in [2.05, 4.69) is 29.1 Å². The standard InChI is InChI=1S/C17H22N4O2S/c1-11(2)17(21-16-9-15(18)19-10-20-16)13-6-5-12-4-3-7-24(22,23)14(12)8-13/h5-6,8-11,17H,3-4,7H2,1-2H3,(H3,18,19,20,21)/t17-/m1/s1. The summed E-state index contributed by atoms with van der Waals surface area (Å²) in [4.78, 5) is 8.54. The van der Waals surface area contributed by atoms with Crippen molar-refractivity contribution >= 4 is 21.5 Å². The molecule has 1 atom stereocenters. The van der Waals surface area contributed by atoms with E-state index in [1.165, 1.54) is 6.33 Å². The highest BCUT2D eigenvalue weighted by Crippen LogP contribution is 2.32. The van der Waals surface area contributed by atoms with Crippen molar-refractivity contribution in [3.63, 3.8) is 0 Å². The van der Waals surface area contributed by atoms with Crippen LogP contribution in [0.5, 0.6) is 0 Å². The second kappa shape index (κ2) is 6.39. The van der Waals surface area contributed by atoms with E-state index in [0.717, 1.165) is 17.5 Å². The molecule has 0 radical (unpaired) electrons. The highest BCUT2D eigenvalue weighted by atomic mass is 32.2. The highest BCUT2D eigenvalue weighted by Gasteiger charge is 2.26. The van der Waals surface area contributed by atoms with Crippen molar-refractivity contribution in [3.8, 4) is 0 Å². The Morgan fingerprint density at radius 1 is 1.21 bits per heavy atom. The Balaban J connectivity index is 1.98. The normalized spacial score (nSPS) is 17.3. The summed E-state index contributed by atoms with van der Waals surface area (Å²) in [6, 6.07) is 7.35. The summed E-state index contributed by atoms with van der Waals surface area (Å²) in [5.74, 6) is 1.49. The maximum absolute atomic E-state index is 12.4. The van der Waals surface area contributed by atoms with Gasteiger partial charge in [0.15, 0.2) is 9.84 Å². The molecule has 0 bridgehead atoms. The zero-order valence-electron chi connectivity index (χ0n) is 13.9. The summed E-state index contributed by atoms with van der Waals surface area (Å²) in [6.45, 7) is 4.16. The quantitative estimate of drug-likeness (QED) is 0.883. The summed E-state index contributed by atoms with van der Waals surface area (Å²) < 4.78 is 24.7. The van der Waals surface area contributed by atoms with Crippen LogP contribution in [0.3, 0.4) is 0 Å². The molecule has 0 amide bonds. The van der Waals surface area contributed by atoms with Gasteiger partial charge in [-0.3, -0.25) is 0 Å². The van der Waals surface area contributed by atoms with E-state index in [1.807, 2.05) is 18.2 Å². The van der Waals surface area contributed by atoms with Crippen molar-refractivity contribution in [2.45, 2.75) is 37.6 Å². The van der Waals surface area contributed by atoms with Gasteiger partial charge in [-0.2, -0.15) is 0 Å². The van der Waals surface area contributed by atoms with Gasteiger partial charge in [-0.25, -0.2) is 18.4 Å². The number of rotatable bonds is 4. The van der Waals surface area contributed by atoms with Crippen LogP contribution in [0, 0.1) is 5.92 Å². The molecule has 0 saturated carbocycles. The molecular formula is C17H22N4O2S. The molecule has 7 heteroatoms. The van der Waals surface area contributed by atoms with Crippen molar-refractivity contribution in [1.29, 1.82) is 0 Å². The van der Waals surface area contributed by atoms with Gasteiger partial charge in [0.2, 0.25) is 0 Å². The minimum absolute atomic E-state index is 0.0678. The Bertz CT molecular complexity index is 849. The molecule has 6 nitrogen and oxygen atoms in total. The first-order valence-corrected chi connectivity index (χ1v) is 9.72. The molecule has 0 aliphatic carbocycles. The average molecular weight is 346 g/mol. The number of aromatic nitrogens is 2. The van der Waals surface area contributed by atoms with Gasteiger partial charge in [0, 0.05) is 6.07 Å². The lowest BCUT2D eigenvalue weighted by Crippen LogP contribution is -2.20. The highest BCUT2D eigenvalue weighted by molar-refractivity contribution is 7.91. The van der Waals surface area contributed by atoms with E-state index in [-0.39, 0.29) is 17.7 Å². The van der Waals surface area contributed by atoms with Gasteiger partial charge in [0.05, 0.1) is 16.7 Å². The molecule has 0 saturated heterocycles.